The van der Waals surface area contributed by atoms with Gasteiger partial charge in [0.15, 0.2) is 0 Å². The molecule has 0 spiro atoms. The van der Waals surface area contributed by atoms with Gasteiger partial charge < -0.3 is 14.8 Å². The molecule has 1 aromatic heterocycles. The smallest absolute Gasteiger partial charge is 0.244 e. The lowest BCUT2D eigenvalue weighted by atomic mass is 9.97. The molecule has 0 aliphatic rings. The molecule has 0 saturated heterocycles. The summed E-state index contributed by atoms with van der Waals surface area (Å²) in [6, 6.07) is 11.7. The third-order valence-corrected chi connectivity index (χ3v) is 3.41. The molecule has 1 amide bonds. The second kappa shape index (κ2) is 7.61. The Hall–Kier alpha value is -2.33. The zero-order valence-corrected chi connectivity index (χ0v) is 12.7. The van der Waals surface area contributed by atoms with Gasteiger partial charge in [-0.15, -0.1) is 0 Å². The lowest BCUT2D eigenvalue weighted by Gasteiger charge is -2.23. The van der Waals surface area contributed by atoms with Gasteiger partial charge in [-0.1, -0.05) is 30.3 Å². The summed E-state index contributed by atoms with van der Waals surface area (Å²) in [5.41, 5.74) is 1.06. The van der Waals surface area contributed by atoms with E-state index in [0.717, 1.165) is 12.0 Å². The molecule has 0 unspecified atom stereocenters. The van der Waals surface area contributed by atoms with Crippen LogP contribution in [0.4, 0.5) is 0 Å². The second-order valence-electron chi connectivity index (χ2n) is 5.59. The van der Waals surface area contributed by atoms with Gasteiger partial charge in [0.1, 0.15) is 0 Å². The molecular weight excluding hydrogens is 278 g/mol. The SMILES string of the molecule is C[C@](O)(CCc1ccccc1)CNC(=O)/C=C/c1ccoc1. The van der Waals surface area contributed by atoms with Crippen molar-refractivity contribution in [3.05, 3.63) is 66.1 Å². The van der Waals surface area contributed by atoms with E-state index in [1.165, 1.54) is 11.6 Å². The Balaban J connectivity index is 1.75. The minimum Gasteiger partial charge on any atom is -0.472 e. The van der Waals surface area contributed by atoms with Crippen LogP contribution in [0.1, 0.15) is 24.5 Å². The van der Waals surface area contributed by atoms with Gasteiger partial charge >= 0.3 is 0 Å². The maximum Gasteiger partial charge on any atom is 0.244 e. The second-order valence-corrected chi connectivity index (χ2v) is 5.59. The molecule has 4 heteroatoms. The van der Waals surface area contributed by atoms with Crippen LogP contribution >= 0.6 is 0 Å². The van der Waals surface area contributed by atoms with Crippen molar-refractivity contribution in [3.8, 4) is 0 Å². The van der Waals surface area contributed by atoms with E-state index in [1.807, 2.05) is 30.3 Å². The van der Waals surface area contributed by atoms with Crippen LogP contribution in [0.3, 0.4) is 0 Å². The fraction of sp³-hybridized carbons (Fsp3) is 0.278. The van der Waals surface area contributed by atoms with Gasteiger partial charge in [0.2, 0.25) is 5.91 Å². The van der Waals surface area contributed by atoms with Gasteiger partial charge in [0, 0.05) is 18.2 Å². The molecule has 0 bridgehead atoms. The first-order valence-electron chi connectivity index (χ1n) is 7.30. The highest BCUT2D eigenvalue weighted by molar-refractivity contribution is 5.91. The van der Waals surface area contributed by atoms with Crippen molar-refractivity contribution in [3.63, 3.8) is 0 Å². The molecule has 0 radical (unpaired) electrons. The third-order valence-electron chi connectivity index (χ3n) is 3.41. The summed E-state index contributed by atoms with van der Waals surface area (Å²) in [7, 11) is 0. The molecule has 22 heavy (non-hydrogen) atoms. The molecule has 1 atom stereocenters. The van der Waals surface area contributed by atoms with Gasteiger partial charge in [0.25, 0.3) is 0 Å². The number of hydrogen-bond donors (Lipinski definition) is 2. The van der Waals surface area contributed by atoms with E-state index >= 15 is 0 Å². The largest absolute Gasteiger partial charge is 0.472 e. The van der Waals surface area contributed by atoms with Gasteiger partial charge in [-0.05, 0) is 37.5 Å². The molecule has 2 aromatic rings. The molecular formula is C18H21NO3. The minimum atomic E-state index is -0.936. The quantitative estimate of drug-likeness (QED) is 0.773. The van der Waals surface area contributed by atoms with E-state index in [2.05, 4.69) is 5.32 Å². The number of amides is 1. The van der Waals surface area contributed by atoms with Crippen molar-refractivity contribution in [1.82, 2.24) is 5.32 Å². The number of nitrogens with one attached hydrogen (secondary N) is 1. The fourth-order valence-electron chi connectivity index (χ4n) is 2.02. The number of furan rings is 1. The van der Waals surface area contributed by atoms with Gasteiger partial charge in [-0.3, -0.25) is 4.79 Å². The number of aliphatic hydroxyl groups is 1. The molecule has 1 heterocycles. The van der Waals surface area contributed by atoms with E-state index in [-0.39, 0.29) is 12.5 Å². The van der Waals surface area contributed by atoms with Gasteiger partial charge in [-0.2, -0.15) is 0 Å². The summed E-state index contributed by atoms with van der Waals surface area (Å²) >= 11 is 0. The first kappa shape index (κ1) is 16.0. The van der Waals surface area contributed by atoms with Crippen LogP contribution in [0.2, 0.25) is 0 Å². The predicted molar refractivity (Wildman–Crippen MR) is 86.1 cm³/mol. The number of benzene rings is 1. The van der Waals surface area contributed by atoms with Crippen LogP contribution in [0.5, 0.6) is 0 Å². The van der Waals surface area contributed by atoms with Crippen LogP contribution in [0.25, 0.3) is 6.08 Å². The molecule has 2 N–H and O–H groups in total. The maximum atomic E-state index is 11.7. The first-order valence-corrected chi connectivity index (χ1v) is 7.30. The monoisotopic (exact) mass is 299 g/mol. The van der Waals surface area contributed by atoms with Crippen molar-refractivity contribution in [2.45, 2.75) is 25.4 Å². The average molecular weight is 299 g/mol. The Kier molecular flexibility index (Phi) is 5.55. The van der Waals surface area contributed by atoms with E-state index in [9.17, 15) is 9.90 Å². The predicted octanol–water partition coefficient (Wildman–Crippen LogP) is 2.79. The summed E-state index contributed by atoms with van der Waals surface area (Å²) in [5, 5.41) is 13.0. The highest BCUT2D eigenvalue weighted by Crippen LogP contribution is 2.13. The molecule has 1 aromatic carbocycles. The summed E-state index contributed by atoms with van der Waals surface area (Å²) < 4.78 is 4.91. The van der Waals surface area contributed by atoms with E-state index in [0.29, 0.717) is 6.42 Å². The molecule has 0 aliphatic carbocycles. The molecule has 116 valence electrons. The number of rotatable bonds is 7. The van der Waals surface area contributed by atoms with Crippen LogP contribution in [0, 0.1) is 0 Å². The van der Waals surface area contributed by atoms with Crippen molar-refractivity contribution in [2.24, 2.45) is 0 Å². The number of carbonyl (C=O) groups excluding carboxylic acids is 1. The topological polar surface area (TPSA) is 62.5 Å². The van der Waals surface area contributed by atoms with Crippen molar-refractivity contribution in [1.29, 1.82) is 0 Å². The normalized spacial score (nSPS) is 13.9. The van der Waals surface area contributed by atoms with E-state index in [1.54, 1.807) is 31.6 Å². The molecule has 0 aliphatic heterocycles. The highest BCUT2D eigenvalue weighted by Gasteiger charge is 2.20. The Morgan fingerprint density at radius 2 is 2.09 bits per heavy atom. The van der Waals surface area contributed by atoms with Crippen LogP contribution in [-0.2, 0) is 11.2 Å². The average Bonchev–Trinajstić information content (AvgIpc) is 3.04. The standard InChI is InChI=1S/C18H21NO3/c1-18(21,11-9-15-5-3-2-4-6-15)14-19-17(20)8-7-16-10-12-22-13-16/h2-8,10,12-13,21H,9,11,14H2,1H3,(H,19,20)/b8-7+/t18-/m0/s1. The third kappa shape index (κ3) is 5.58. The fourth-order valence-corrected chi connectivity index (χ4v) is 2.02. The Labute approximate surface area is 130 Å². The van der Waals surface area contributed by atoms with Crippen molar-refractivity contribution >= 4 is 12.0 Å². The number of hydrogen-bond acceptors (Lipinski definition) is 3. The van der Waals surface area contributed by atoms with Crippen molar-refractivity contribution < 1.29 is 14.3 Å². The zero-order chi connectivity index (χ0) is 15.8. The number of carbonyl (C=O) groups is 1. The lowest BCUT2D eigenvalue weighted by Crippen LogP contribution is -2.40. The van der Waals surface area contributed by atoms with Crippen LogP contribution in [-0.4, -0.2) is 23.2 Å². The van der Waals surface area contributed by atoms with E-state index < -0.39 is 5.60 Å². The molecule has 2 rings (SSSR count). The van der Waals surface area contributed by atoms with Crippen LogP contribution < -0.4 is 5.32 Å². The summed E-state index contributed by atoms with van der Waals surface area (Å²) in [6.07, 6.45) is 7.55. The Bertz CT molecular complexity index is 601. The van der Waals surface area contributed by atoms with E-state index in [4.69, 9.17) is 4.42 Å². The maximum absolute atomic E-state index is 11.7. The first-order chi connectivity index (χ1) is 10.6. The summed E-state index contributed by atoms with van der Waals surface area (Å²) in [6.45, 7) is 1.95. The summed E-state index contributed by atoms with van der Waals surface area (Å²) in [4.78, 5) is 11.7. The highest BCUT2D eigenvalue weighted by atomic mass is 16.3. The zero-order valence-electron chi connectivity index (χ0n) is 12.7. The Morgan fingerprint density at radius 3 is 2.77 bits per heavy atom. The Morgan fingerprint density at radius 1 is 1.32 bits per heavy atom. The van der Waals surface area contributed by atoms with Crippen LogP contribution in [0.15, 0.2) is 59.4 Å². The summed E-state index contributed by atoms with van der Waals surface area (Å²) in [5.74, 6) is -0.235. The minimum absolute atomic E-state index is 0.217. The van der Waals surface area contributed by atoms with Crippen molar-refractivity contribution in [2.75, 3.05) is 6.54 Å². The lowest BCUT2D eigenvalue weighted by molar-refractivity contribution is -0.117. The molecule has 4 nitrogen and oxygen atoms in total. The van der Waals surface area contributed by atoms with Gasteiger partial charge in [0.05, 0.1) is 18.1 Å². The number of aryl methyl sites for hydroxylation is 1. The van der Waals surface area contributed by atoms with Gasteiger partial charge in [-0.25, -0.2) is 0 Å². The molecule has 0 saturated carbocycles. The molecule has 0 fully saturated rings.